The van der Waals surface area contributed by atoms with Gasteiger partial charge in [0.2, 0.25) is 0 Å². The van der Waals surface area contributed by atoms with E-state index in [2.05, 4.69) is 10.2 Å². The SMILES string of the molecule is CN(C)CCc1ccc(NC(=O)c2cc([N+](=O)[O-])ccc2Sc2ccccc2F)cc1. The molecule has 0 atom stereocenters. The third kappa shape index (κ3) is 6.13. The number of hydrogen-bond acceptors (Lipinski definition) is 5. The van der Waals surface area contributed by atoms with Crippen LogP contribution < -0.4 is 5.32 Å². The van der Waals surface area contributed by atoms with E-state index in [1.807, 2.05) is 26.2 Å². The zero-order valence-corrected chi connectivity index (χ0v) is 18.0. The van der Waals surface area contributed by atoms with Crippen LogP contribution in [0.5, 0.6) is 0 Å². The summed E-state index contributed by atoms with van der Waals surface area (Å²) in [6.07, 6.45) is 0.884. The summed E-state index contributed by atoms with van der Waals surface area (Å²) in [6.45, 7) is 0.913. The zero-order valence-electron chi connectivity index (χ0n) is 17.2. The number of nitrogens with zero attached hydrogens (tertiary/aromatic N) is 2. The molecule has 1 amide bonds. The van der Waals surface area contributed by atoms with E-state index in [0.717, 1.165) is 30.3 Å². The third-order valence-corrected chi connectivity index (χ3v) is 5.66. The first kappa shape index (κ1) is 22.5. The van der Waals surface area contributed by atoms with Crippen molar-refractivity contribution >= 4 is 29.0 Å². The number of anilines is 1. The molecular formula is C23H22FN3O3S. The second-order valence-corrected chi connectivity index (χ2v) is 8.26. The van der Waals surface area contributed by atoms with Gasteiger partial charge in [-0.25, -0.2) is 4.39 Å². The lowest BCUT2D eigenvalue weighted by atomic mass is 10.1. The van der Waals surface area contributed by atoms with Crippen molar-refractivity contribution in [1.29, 1.82) is 0 Å². The number of carbonyl (C=O) groups excluding carboxylic acids is 1. The molecule has 0 heterocycles. The lowest BCUT2D eigenvalue weighted by Gasteiger charge is -2.12. The highest BCUT2D eigenvalue weighted by atomic mass is 32.2. The monoisotopic (exact) mass is 439 g/mol. The van der Waals surface area contributed by atoms with Crippen LogP contribution in [0.3, 0.4) is 0 Å². The molecule has 0 fully saturated rings. The molecule has 3 aromatic rings. The Kier molecular flexibility index (Phi) is 7.38. The predicted molar refractivity (Wildman–Crippen MR) is 120 cm³/mol. The number of likely N-dealkylation sites (N-methyl/N-ethyl adjacent to an activating group) is 1. The Balaban J connectivity index is 1.83. The summed E-state index contributed by atoms with van der Waals surface area (Å²) in [6, 6.07) is 17.6. The van der Waals surface area contributed by atoms with Crippen molar-refractivity contribution in [2.75, 3.05) is 26.0 Å². The minimum atomic E-state index is -0.562. The van der Waals surface area contributed by atoms with Gasteiger partial charge in [0.25, 0.3) is 11.6 Å². The van der Waals surface area contributed by atoms with Crippen LogP contribution >= 0.6 is 11.8 Å². The summed E-state index contributed by atoms with van der Waals surface area (Å²) in [5.74, 6) is -0.922. The van der Waals surface area contributed by atoms with Crippen LogP contribution in [0.1, 0.15) is 15.9 Å². The van der Waals surface area contributed by atoms with Gasteiger partial charge in [0.05, 0.1) is 10.5 Å². The van der Waals surface area contributed by atoms with Crippen molar-refractivity contribution in [3.8, 4) is 0 Å². The summed E-state index contributed by atoms with van der Waals surface area (Å²) in [5.41, 5.74) is 1.62. The number of nitrogens with one attached hydrogen (secondary N) is 1. The Labute approximate surface area is 184 Å². The fourth-order valence-corrected chi connectivity index (χ4v) is 3.80. The molecule has 160 valence electrons. The van der Waals surface area contributed by atoms with E-state index in [4.69, 9.17) is 0 Å². The molecule has 0 aromatic heterocycles. The minimum Gasteiger partial charge on any atom is -0.322 e. The van der Waals surface area contributed by atoms with Gasteiger partial charge in [-0.1, -0.05) is 36.0 Å². The standard InChI is InChI=1S/C23H22FN3O3S/c1-26(2)14-13-16-7-9-17(10-8-16)25-23(28)19-15-18(27(29)30)11-12-21(19)31-22-6-4-3-5-20(22)24/h3-12,15H,13-14H2,1-2H3,(H,25,28). The Morgan fingerprint density at radius 2 is 1.77 bits per heavy atom. The molecule has 3 aromatic carbocycles. The van der Waals surface area contributed by atoms with E-state index in [9.17, 15) is 19.3 Å². The summed E-state index contributed by atoms with van der Waals surface area (Å²) < 4.78 is 14.1. The number of nitro groups is 1. The van der Waals surface area contributed by atoms with Crippen LogP contribution in [0.15, 0.2) is 76.5 Å². The lowest BCUT2D eigenvalue weighted by Crippen LogP contribution is -2.15. The van der Waals surface area contributed by atoms with Crippen LogP contribution in [-0.2, 0) is 6.42 Å². The molecule has 1 N–H and O–H groups in total. The van der Waals surface area contributed by atoms with Gasteiger partial charge in [0, 0.05) is 34.2 Å². The maximum Gasteiger partial charge on any atom is 0.270 e. The van der Waals surface area contributed by atoms with Crippen molar-refractivity contribution in [1.82, 2.24) is 4.90 Å². The largest absolute Gasteiger partial charge is 0.322 e. The average molecular weight is 440 g/mol. The lowest BCUT2D eigenvalue weighted by molar-refractivity contribution is -0.384. The Morgan fingerprint density at radius 1 is 1.06 bits per heavy atom. The second kappa shape index (κ2) is 10.2. The molecule has 0 aliphatic rings. The molecule has 3 rings (SSSR count). The van der Waals surface area contributed by atoms with E-state index < -0.39 is 16.6 Å². The molecule has 0 aliphatic heterocycles. The number of carbonyl (C=O) groups is 1. The summed E-state index contributed by atoms with van der Waals surface area (Å²) in [7, 11) is 4.01. The number of amides is 1. The number of rotatable bonds is 8. The summed E-state index contributed by atoms with van der Waals surface area (Å²) >= 11 is 1.05. The topological polar surface area (TPSA) is 75.5 Å². The van der Waals surface area contributed by atoms with E-state index in [0.29, 0.717) is 15.5 Å². The quantitative estimate of drug-likeness (QED) is 0.384. The molecule has 0 unspecified atom stereocenters. The molecule has 0 radical (unpaired) electrons. The summed E-state index contributed by atoms with van der Waals surface area (Å²) in [5, 5.41) is 14.0. The third-order valence-electron chi connectivity index (χ3n) is 4.53. The van der Waals surface area contributed by atoms with Crippen LogP contribution in [0, 0.1) is 15.9 Å². The van der Waals surface area contributed by atoms with Crippen LogP contribution in [0.4, 0.5) is 15.8 Å². The number of halogens is 1. The van der Waals surface area contributed by atoms with Gasteiger partial charge in [0.1, 0.15) is 5.82 Å². The van der Waals surface area contributed by atoms with Crippen LogP contribution in [-0.4, -0.2) is 36.4 Å². The van der Waals surface area contributed by atoms with Gasteiger partial charge in [-0.15, -0.1) is 0 Å². The van der Waals surface area contributed by atoms with Gasteiger partial charge >= 0.3 is 0 Å². The van der Waals surface area contributed by atoms with Crippen molar-refractivity contribution in [3.05, 3.63) is 93.8 Å². The second-order valence-electron chi connectivity index (χ2n) is 7.17. The van der Waals surface area contributed by atoms with E-state index in [1.54, 1.807) is 30.3 Å². The molecule has 6 nitrogen and oxygen atoms in total. The van der Waals surface area contributed by atoms with Gasteiger partial charge in [-0.3, -0.25) is 14.9 Å². The fraction of sp³-hybridized carbons (Fsp3) is 0.174. The van der Waals surface area contributed by atoms with Gasteiger partial charge in [-0.2, -0.15) is 0 Å². The number of hydrogen-bond donors (Lipinski definition) is 1. The first-order valence-electron chi connectivity index (χ1n) is 9.59. The molecule has 8 heteroatoms. The average Bonchev–Trinajstić information content (AvgIpc) is 2.75. The zero-order chi connectivity index (χ0) is 22.4. The van der Waals surface area contributed by atoms with Crippen LogP contribution in [0.25, 0.3) is 0 Å². The Morgan fingerprint density at radius 3 is 2.42 bits per heavy atom. The van der Waals surface area contributed by atoms with Gasteiger partial charge in [0.15, 0.2) is 0 Å². The Hall–Kier alpha value is -3.23. The first-order chi connectivity index (χ1) is 14.8. The smallest absolute Gasteiger partial charge is 0.270 e. The van der Waals surface area contributed by atoms with E-state index in [-0.39, 0.29) is 11.3 Å². The molecular weight excluding hydrogens is 417 g/mol. The highest BCUT2D eigenvalue weighted by Gasteiger charge is 2.19. The maximum atomic E-state index is 14.1. The first-order valence-corrected chi connectivity index (χ1v) is 10.4. The maximum absolute atomic E-state index is 14.1. The number of benzene rings is 3. The number of non-ortho nitro benzene ring substituents is 1. The highest BCUT2D eigenvalue weighted by Crippen LogP contribution is 2.34. The highest BCUT2D eigenvalue weighted by molar-refractivity contribution is 7.99. The summed E-state index contributed by atoms with van der Waals surface area (Å²) in [4.78, 5) is 26.4. The molecule has 0 saturated carbocycles. The van der Waals surface area contributed by atoms with Crippen molar-refractivity contribution in [2.24, 2.45) is 0 Å². The molecule has 0 bridgehead atoms. The van der Waals surface area contributed by atoms with Crippen LogP contribution in [0.2, 0.25) is 0 Å². The Bertz CT molecular complexity index is 1090. The van der Waals surface area contributed by atoms with Crippen molar-refractivity contribution in [3.63, 3.8) is 0 Å². The van der Waals surface area contributed by atoms with E-state index >= 15 is 0 Å². The fourth-order valence-electron chi connectivity index (χ4n) is 2.85. The number of nitro benzene ring substituents is 1. The molecule has 0 spiro atoms. The minimum absolute atomic E-state index is 0.110. The van der Waals surface area contributed by atoms with Crippen molar-refractivity contribution < 1.29 is 14.1 Å². The predicted octanol–water partition coefficient (Wildman–Crippen LogP) is 5.24. The molecule has 0 saturated heterocycles. The molecule has 31 heavy (non-hydrogen) atoms. The van der Waals surface area contributed by atoms with E-state index in [1.165, 1.54) is 24.3 Å². The van der Waals surface area contributed by atoms with Crippen molar-refractivity contribution in [2.45, 2.75) is 16.2 Å². The van der Waals surface area contributed by atoms with Gasteiger partial charge in [-0.05, 0) is 56.4 Å². The molecule has 0 aliphatic carbocycles. The normalized spacial score (nSPS) is 10.8. The van der Waals surface area contributed by atoms with Gasteiger partial charge < -0.3 is 10.2 Å².